The van der Waals surface area contributed by atoms with Crippen LogP contribution in [0.3, 0.4) is 0 Å². The zero-order valence-corrected chi connectivity index (χ0v) is 11.4. The number of nitrogens with zero attached hydrogens (tertiary/aromatic N) is 2. The Morgan fingerprint density at radius 3 is 2.68 bits per heavy atom. The minimum Gasteiger partial charge on any atom is -0.480 e. The monoisotopic (exact) mass is 270 g/mol. The zero-order chi connectivity index (χ0) is 13.8. The summed E-state index contributed by atoms with van der Waals surface area (Å²) in [6, 6.07) is -0.797. The second-order valence-electron chi connectivity index (χ2n) is 5.14. The molecule has 1 unspecified atom stereocenters. The highest BCUT2D eigenvalue weighted by Crippen LogP contribution is 2.22. The summed E-state index contributed by atoms with van der Waals surface area (Å²) < 4.78 is 5.57. The van der Waals surface area contributed by atoms with Gasteiger partial charge in [0.2, 0.25) is 0 Å². The lowest BCUT2D eigenvalue weighted by Gasteiger charge is -2.36. The number of likely N-dealkylation sites (tertiary alicyclic amines) is 2. The number of aliphatic carboxylic acids is 1. The molecule has 2 amide bonds. The van der Waals surface area contributed by atoms with E-state index in [9.17, 15) is 9.59 Å². The predicted octanol–water partition coefficient (Wildman–Crippen LogP) is 1.16. The lowest BCUT2D eigenvalue weighted by Crippen LogP contribution is -2.52. The number of carbonyl (C=O) groups is 2. The van der Waals surface area contributed by atoms with Crippen molar-refractivity contribution >= 4 is 12.0 Å². The molecule has 0 saturated carbocycles. The number of carbonyl (C=O) groups excluding carboxylic acids is 1. The van der Waals surface area contributed by atoms with Gasteiger partial charge in [0.15, 0.2) is 0 Å². The van der Waals surface area contributed by atoms with Crippen LogP contribution in [0.4, 0.5) is 4.79 Å². The van der Waals surface area contributed by atoms with Crippen molar-refractivity contribution in [2.24, 2.45) is 0 Å². The molecule has 1 N–H and O–H groups in total. The normalized spacial score (nSPS) is 27.6. The van der Waals surface area contributed by atoms with Crippen LogP contribution >= 0.6 is 0 Å². The van der Waals surface area contributed by atoms with Crippen molar-refractivity contribution in [3.8, 4) is 0 Å². The summed E-state index contributed by atoms with van der Waals surface area (Å²) in [7, 11) is 0. The van der Waals surface area contributed by atoms with Gasteiger partial charge in [-0.15, -0.1) is 0 Å². The molecule has 0 aromatic carbocycles. The summed E-state index contributed by atoms with van der Waals surface area (Å²) >= 11 is 0. The fourth-order valence-electron chi connectivity index (χ4n) is 2.92. The van der Waals surface area contributed by atoms with Crippen molar-refractivity contribution in [2.75, 3.05) is 26.2 Å². The second kappa shape index (κ2) is 6.23. The van der Waals surface area contributed by atoms with E-state index in [4.69, 9.17) is 9.84 Å². The molecule has 19 heavy (non-hydrogen) atoms. The average molecular weight is 270 g/mol. The molecule has 0 aliphatic carbocycles. The summed E-state index contributed by atoms with van der Waals surface area (Å²) in [6.07, 6.45) is 3.31. The third kappa shape index (κ3) is 3.18. The number of piperidine rings is 1. The van der Waals surface area contributed by atoms with Gasteiger partial charge in [0.25, 0.3) is 0 Å². The molecule has 6 heteroatoms. The number of carboxylic acid groups (broad SMARTS) is 1. The van der Waals surface area contributed by atoms with Crippen molar-refractivity contribution in [3.05, 3.63) is 0 Å². The first kappa shape index (κ1) is 14.1. The van der Waals surface area contributed by atoms with Gasteiger partial charge in [0, 0.05) is 26.2 Å². The van der Waals surface area contributed by atoms with Crippen LogP contribution in [0.25, 0.3) is 0 Å². The molecule has 2 aliphatic heterocycles. The van der Waals surface area contributed by atoms with Crippen LogP contribution in [0, 0.1) is 0 Å². The maximum atomic E-state index is 12.4. The summed E-state index contributed by atoms with van der Waals surface area (Å²) in [5, 5.41) is 9.13. The first-order valence-electron chi connectivity index (χ1n) is 7.03. The van der Waals surface area contributed by atoms with Crippen LogP contribution in [0.1, 0.15) is 32.6 Å². The molecule has 0 bridgehead atoms. The Bertz CT molecular complexity index is 346. The van der Waals surface area contributed by atoms with Crippen molar-refractivity contribution in [1.82, 2.24) is 9.80 Å². The van der Waals surface area contributed by atoms with E-state index in [0.29, 0.717) is 32.7 Å². The highest BCUT2D eigenvalue weighted by molar-refractivity contribution is 5.83. The molecule has 2 heterocycles. The Morgan fingerprint density at radius 1 is 1.26 bits per heavy atom. The van der Waals surface area contributed by atoms with Crippen molar-refractivity contribution in [2.45, 2.75) is 44.8 Å². The summed E-state index contributed by atoms with van der Waals surface area (Å²) in [6.45, 7) is 4.42. The van der Waals surface area contributed by atoms with Gasteiger partial charge in [-0.1, -0.05) is 0 Å². The molecule has 0 spiro atoms. The average Bonchev–Trinajstić information content (AvgIpc) is 2.88. The summed E-state index contributed by atoms with van der Waals surface area (Å²) in [4.78, 5) is 26.8. The number of urea groups is 1. The minimum absolute atomic E-state index is 0.0913. The molecule has 2 fully saturated rings. The Morgan fingerprint density at radius 2 is 2.00 bits per heavy atom. The SMILES string of the molecule is CCOC1CCCN(C(=O)N2CCC[C@H]2C(=O)O)C1. The number of hydrogen-bond donors (Lipinski definition) is 1. The highest BCUT2D eigenvalue weighted by Gasteiger charge is 2.37. The number of ether oxygens (including phenoxy) is 1. The number of hydrogen-bond acceptors (Lipinski definition) is 3. The van der Waals surface area contributed by atoms with Crippen LogP contribution in [-0.2, 0) is 9.53 Å². The molecule has 0 radical (unpaired) electrons. The molecule has 2 rings (SSSR count). The first-order chi connectivity index (χ1) is 9.13. The van der Waals surface area contributed by atoms with E-state index in [2.05, 4.69) is 0 Å². The molecule has 2 aliphatic rings. The van der Waals surface area contributed by atoms with Gasteiger partial charge >= 0.3 is 12.0 Å². The van der Waals surface area contributed by atoms with E-state index in [-0.39, 0.29) is 12.1 Å². The van der Waals surface area contributed by atoms with E-state index >= 15 is 0 Å². The number of carboxylic acids is 1. The zero-order valence-electron chi connectivity index (χ0n) is 11.4. The van der Waals surface area contributed by atoms with Gasteiger partial charge < -0.3 is 19.6 Å². The quantitative estimate of drug-likeness (QED) is 0.835. The van der Waals surface area contributed by atoms with Crippen molar-refractivity contribution in [1.29, 1.82) is 0 Å². The summed E-state index contributed by atoms with van der Waals surface area (Å²) in [5.41, 5.74) is 0. The van der Waals surface area contributed by atoms with Gasteiger partial charge in [-0.25, -0.2) is 9.59 Å². The minimum atomic E-state index is -0.899. The standard InChI is InChI=1S/C13H22N2O4/c1-2-19-10-5-3-7-14(9-10)13(18)15-8-4-6-11(15)12(16)17/h10-11H,2-9H2,1H3,(H,16,17)/t10?,11-/m0/s1. The van der Waals surface area contributed by atoms with Gasteiger partial charge in [0.1, 0.15) is 6.04 Å². The molecule has 0 aromatic rings. The largest absolute Gasteiger partial charge is 0.480 e. The van der Waals surface area contributed by atoms with Crippen LogP contribution < -0.4 is 0 Å². The van der Waals surface area contributed by atoms with Gasteiger partial charge in [-0.2, -0.15) is 0 Å². The lowest BCUT2D eigenvalue weighted by atomic mass is 10.1. The molecule has 2 atom stereocenters. The Hall–Kier alpha value is -1.30. The van der Waals surface area contributed by atoms with Gasteiger partial charge in [-0.3, -0.25) is 0 Å². The first-order valence-corrected chi connectivity index (χ1v) is 7.03. The Kier molecular flexibility index (Phi) is 4.63. The van der Waals surface area contributed by atoms with Gasteiger partial charge in [0.05, 0.1) is 6.10 Å². The molecule has 0 aromatic heterocycles. The van der Waals surface area contributed by atoms with E-state index in [1.54, 1.807) is 4.90 Å². The van der Waals surface area contributed by atoms with Crippen molar-refractivity contribution < 1.29 is 19.4 Å². The maximum absolute atomic E-state index is 12.4. The fourth-order valence-corrected chi connectivity index (χ4v) is 2.92. The van der Waals surface area contributed by atoms with Crippen LogP contribution in [-0.4, -0.2) is 65.3 Å². The second-order valence-corrected chi connectivity index (χ2v) is 5.14. The maximum Gasteiger partial charge on any atom is 0.326 e. The third-order valence-electron chi connectivity index (χ3n) is 3.83. The Labute approximate surface area is 113 Å². The van der Waals surface area contributed by atoms with Crippen LogP contribution in [0.5, 0.6) is 0 Å². The molecule has 2 saturated heterocycles. The molecular weight excluding hydrogens is 248 g/mol. The highest BCUT2D eigenvalue weighted by atomic mass is 16.5. The third-order valence-corrected chi connectivity index (χ3v) is 3.83. The summed E-state index contributed by atoms with van der Waals surface area (Å²) in [5.74, 6) is -0.899. The van der Waals surface area contributed by atoms with Crippen molar-refractivity contribution in [3.63, 3.8) is 0 Å². The molecular formula is C13H22N2O4. The van der Waals surface area contributed by atoms with E-state index in [0.717, 1.165) is 19.3 Å². The lowest BCUT2D eigenvalue weighted by molar-refractivity contribution is -0.141. The van der Waals surface area contributed by atoms with E-state index in [1.807, 2.05) is 6.92 Å². The van der Waals surface area contributed by atoms with E-state index in [1.165, 1.54) is 4.90 Å². The fraction of sp³-hybridized carbons (Fsp3) is 0.846. The smallest absolute Gasteiger partial charge is 0.326 e. The molecule has 108 valence electrons. The number of rotatable bonds is 3. The number of amides is 2. The van der Waals surface area contributed by atoms with E-state index < -0.39 is 12.0 Å². The molecule has 6 nitrogen and oxygen atoms in total. The predicted molar refractivity (Wildman–Crippen MR) is 69.0 cm³/mol. The van der Waals surface area contributed by atoms with Gasteiger partial charge in [-0.05, 0) is 32.6 Å². The Balaban J connectivity index is 1.96. The topological polar surface area (TPSA) is 70.1 Å². The van der Waals surface area contributed by atoms with Crippen LogP contribution in [0.15, 0.2) is 0 Å². The van der Waals surface area contributed by atoms with Crippen LogP contribution in [0.2, 0.25) is 0 Å².